The molecule has 1 fully saturated rings. The summed E-state index contributed by atoms with van der Waals surface area (Å²) in [6.45, 7) is 4.39. The Kier molecular flexibility index (Phi) is 7.26. The number of piperazine rings is 1. The van der Waals surface area contributed by atoms with E-state index in [4.69, 9.17) is 46.4 Å². The zero-order valence-corrected chi connectivity index (χ0v) is 17.5. The fourth-order valence-electron chi connectivity index (χ4n) is 3.00. The van der Waals surface area contributed by atoms with E-state index >= 15 is 0 Å². The van der Waals surface area contributed by atoms with Crippen molar-refractivity contribution in [2.45, 2.75) is 6.54 Å². The highest BCUT2D eigenvalue weighted by molar-refractivity contribution is 6.39. The van der Waals surface area contributed by atoms with Gasteiger partial charge in [-0.05, 0) is 29.8 Å². The fraction of sp³-hybridized carbons (Fsp3) is 0.316. The third-order valence-corrected chi connectivity index (χ3v) is 5.69. The van der Waals surface area contributed by atoms with Gasteiger partial charge in [0.15, 0.2) is 0 Å². The lowest BCUT2D eigenvalue weighted by Crippen LogP contribution is -2.48. The maximum Gasteiger partial charge on any atom is 0.238 e. The number of amides is 1. The summed E-state index contributed by atoms with van der Waals surface area (Å²) >= 11 is 24.4. The van der Waals surface area contributed by atoms with Gasteiger partial charge >= 0.3 is 0 Å². The van der Waals surface area contributed by atoms with Crippen molar-refractivity contribution in [3.05, 3.63) is 62.1 Å². The molecule has 1 heterocycles. The molecule has 1 aliphatic rings. The van der Waals surface area contributed by atoms with Crippen LogP contribution in [0.5, 0.6) is 0 Å². The molecular formula is C19H19Cl4N3O. The van der Waals surface area contributed by atoms with Gasteiger partial charge in [0.1, 0.15) is 0 Å². The lowest BCUT2D eigenvalue weighted by Gasteiger charge is -2.34. The third-order valence-electron chi connectivity index (χ3n) is 4.47. The second-order valence-electron chi connectivity index (χ2n) is 6.43. The van der Waals surface area contributed by atoms with Gasteiger partial charge in [-0.3, -0.25) is 14.6 Å². The Bertz CT molecular complexity index is 802. The zero-order valence-electron chi connectivity index (χ0n) is 14.5. The average molecular weight is 447 g/mol. The van der Waals surface area contributed by atoms with E-state index in [0.717, 1.165) is 38.3 Å². The molecule has 0 aliphatic carbocycles. The smallest absolute Gasteiger partial charge is 0.238 e. The van der Waals surface area contributed by atoms with Crippen LogP contribution in [0.1, 0.15) is 5.56 Å². The number of hydrogen-bond donors (Lipinski definition) is 1. The Morgan fingerprint density at radius 2 is 1.52 bits per heavy atom. The number of halogens is 4. The molecule has 144 valence electrons. The molecule has 1 N–H and O–H groups in total. The number of hydrogen-bond acceptors (Lipinski definition) is 3. The van der Waals surface area contributed by atoms with Gasteiger partial charge in [-0.15, -0.1) is 0 Å². The van der Waals surface area contributed by atoms with Crippen LogP contribution in [0.4, 0.5) is 5.69 Å². The third kappa shape index (κ3) is 5.74. The Balaban J connectivity index is 1.48. The minimum atomic E-state index is -0.126. The summed E-state index contributed by atoms with van der Waals surface area (Å²) < 4.78 is 0. The van der Waals surface area contributed by atoms with Crippen molar-refractivity contribution < 1.29 is 4.79 Å². The maximum atomic E-state index is 12.3. The van der Waals surface area contributed by atoms with Gasteiger partial charge in [0, 0.05) is 42.8 Å². The monoisotopic (exact) mass is 445 g/mol. The second kappa shape index (κ2) is 9.46. The molecule has 0 bridgehead atoms. The number of nitrogens with one attached hydrogen (secondary N) is 1. The first kappa shape index (κ1) is 20.7. The molecule has 27 heavy (non-hydrogen) atoms. The minimum Gasteiger partial charge on any atom is -0.322 e. The molecule has 1 amide bonds. The van der Waals surface area contributed by atoms with Crippen molar-refractivity contribution in [1.82, 2.24) is 9.80 Å². The molecule has 0 spiro atoms. The van der Waals surface area contributed by atoms with E-state index in [1.54, 1.807) is 24.3 Å². The molecule has 0 radical (unpaired) electrons. The second-order valence-corrected chi connectivity index (χ2v) is 8.09. The normalized spacial score (nSPS) is 15.7. The predicted octanol–water partition coefficient (Wildman–Crippen LogP) is 5.06. The highest BCUT2D eigenvalue weighted by Gasteiger charge is 2.20. The molecule has 3 rings (SSSR count). The van der Waals surface area contributed by atoms with Crippen LogP contribution in [-0.4, -0.2) is 48.4 Å². The first-order valence-corrected chi connectivity index (χ1v) is 10.1. The largest absolute Gasteiger partial charge is 0.322 e. The van der Waals surface area contributed by atoms with Gasteiger partial charge in [-0.2, -0.15) is 0 Å². The van der Waals surface area contributed by atoms with E-state index in [1.165, 1.54) is 0 Å². The van der Waals surface area contributed by atoms with Crippen LogP contribution in [0.25, 0.3) is 0 Å². The molecule has 0 aromatic heterocycles. The van der Waals surface area contributed by atoms with Gasteiger partial charge in [0.2, 0.25) is 5.91 Å². The lowest BCUT2D eigenvalue weighted by molar-refractivity contribution is -0.117. The van der Waals surface area contributed by atoms with E-state index in [-0.39, 0.29) is 5.91 Å². The highest BCUT2D eigenvalue weighted by Crippen LogP contribution is 2.29. The molecule has 4 nitrogen and oxygen atoms in total. The van der Waals surface area contributed by atoms with Crippen molar-refractivity contribution >= 4 is 58.0 Å². The molecule has 1 aliphatic heterocycles. The average Bonchev–Trinajstić information content (AvgIpc) is 2.62. The first-order chi connectivity index (χ1) is 12.9. The van der Waals surface area contributed by atoms with Crippen LogP contribution in [0, 0.1) is 0 Å². The number of carbonyl (C=O) groups is 1. The van der Waals surface area contributed by atoms with Crippen LogP contribution in [-0.2, 0) is 11.3 Å². The van der Waals surface area contributed by atoms with Gasteiger partial charge < -0.3 is 5.32 Å². The Morgan fingerprint density at radius 3 is 2.15 bits per heavy atom. The Hall–Kier alpha value is -1.01. The van der Waals surface area contributed by atoms with Crippen molar-refractivity contribution in [3.8, 4) is 0 Å². The number of carbonyl (C=O) groups excluding carboxylic acids is 1. The van der Waals surface area contributed by atoms with Crippen LogP contribution < -0.4 is 5.32 Å². The zero-order chi connectivity index (χ0) is 19.4. The van der Waals surface area contributed by atoms with E-state index in [0.29, 0.717) is 32.3 Å². The van der Waals surface area contributed by atoms with E-state index in [1.807, 2.05) is 12.1 Å². The highest BCUT2D eigenvalue weighted by atomic mass is 35.5. The summed E-state index contributed by atoms with van der Waals surface area (Å²) in [7, 11) is 0. The Labute approximate surface area is 178 Å². The summed E-state index contributed by atoms with van der Waals surface area (Å²) in [5, 5.41) is 4.98. The number of rotatable bonds is 5. The summed E-state index contributed by atoms with van der Waals surface area (Å²) in [5.41, 5.74) is 1.52. The van der Waals surface area contributed by atoms with Crippen LogP contribution in [0.2, 0.25) is 20.1 Å². The quantitative estimate of drug-likeness (QED) is 0.697. The molecule has 0 saturated carbocycles. The Morgan fingerprint density at radius 1 is 0.889 bits per heavy atom. The van der Waals surface area contributed by atoms with Crippen LogP contribution in [0.15, 0.2) is 36.4 Å². The number of anilines is 1. The summed E-state index contributed by atoms with van der Waals surface area (Å²) in [6, 6.07) is 10.7. The standard InChI is InChI=1S/C19H19Cl4N3O/c20-14-5-4-13(17(23)10-14)11-25-6-8-26(9-7-25)12-18(27)24-19-15(21)2-1-3-16(19)22/h1-5,10H,6-9,11-12H2,(H,24,27). The summed E-state index contributed by atoms with van der Waals surface area (Å²) in [6.07, 6.45) is 0. The van der Waals surface area contributed by atoms with E-state index in [9.17, 15) is 4.79 Å². The van der Waals surface area contributed by atoms with E-state index < -0.39 is 0 Å². The van der Waals surface area contributed by atoms with Gasteiger partial charge in [-0.1, -0.05) is 58.5 Å². The number of nitrogens with zero attached hydrogens (tertiary/aromatic N) is 2. The first-order valence-electron chi connectivity index (χ1n) is 8.55. The summed E-state index contributed by atoms with van der Waals surface area (Å²) in [5.74, 6) is -0.126. The molecule has 2 aromatic carbocycles. The van der Waals surface area contributed by atoms with Gasteiger partial charge in [0.05, 0.1) is 22.3 Å². The van der Waals surface area contributed by atoms with Crippen molar-refractivity contribution in [2.24, 2.45) is 0 Å². The summed E-state index contributed by atoms with van der Waals surface area (Å²) in [4.78, 5) is 16.7. The van der Waals surface area contributed by atoms with E-state index in [2.05, 4.69) is 15.1 Å². The van der Waals surface area contributed by atoms with Gasteiger partial charge in [-0.25, -0.2) is 0 Å². The SMILES string of the molecule is O=C(CN1CCN(Cc2ccc(Cl)cc2Cl)CC1)Nc1c(Cl)cccc1Cl. The molecule has 0 unspecified atom stereocenters. The lowest BCUT2D eigenvalue weighted by atomic mass is 10.2. The minimum absolute atomic E-state index is 0.126. The van der Waals surface area contributed by atoms with Gasteiger partial charge in [0.25, 0.3) is 0 Å². The molecule has 8 heteroatoms. The molecular weight excluding hydrogens is 428 g/mol. The van der Waals surface area contributed by atoms with Crippen LogP contribution >= 0.6 is 46.4 Å². The van der Waals surface area contributed by atoms with Crippen molar-refractivity contribution in [1.29, 1.82) is 0 Å². The van der Waals surface area contributed by atoms with Crippen molar-refractivity contribution in [3.63, 3.8) is 0 Å². The maximum absolute atomic E-state index is 12.3. The van der Waals surface area contributed by atoms with Crippen LogP contribution in [0.3, 0.4) is 0 Å². The molecule has 0 atom stereocenters. The number of benzene rings is 2. The molecule has 2 aromatic rings. The molecule has 1 saturated heterocycles. The predicted molar refractivity (Wildman–Crippen MR) is 113 cm³/mol. The number of para-hydroxylation sites is 1. The van der Waals surface area contributed by atoms with Crippen molar-refractivity contribution in [2.75, 3.05) is 38.0 Å². The topological polar surface area (TPSA) is 35.6 Å². The fourth-order valence-corrected chi connectivity index (χ4v) is 3.96.